The lowest BCUT2D eigenvalue weighted by atomic mass is 9.45. The van der Waals surface area contributed by atoms with Crippen molar-refractivity contribution < 1.29 is 24.3 Å². The summed E-state index contributed by atoms with van der Waals surface area (Å²) in [5.74, 6) is -0.0196. The van der Waals surface area contributed by atoms with Crippen LogP contribution in [0.15, 0.2) is 44.4 Å². The minimum atomic E-state index is -0.888. The molecule has 3 saturated carbocycles. The molecule has 7 heteroatoms. The SMILES string of the molecule is C[C@]12CC/C(=N\OCCC(=O)O)C=C1CCC1C2CC[C@]2(C)[C@@H](c3ccc(=O)oc3)CCC12O. The van der Waals surface area contributed by atoms with Gasteiger partial charge < -0.3 is 19.5 Å². The van der Waals surface area contributed by atoms with Gasteiger partial charge in [-0.2, -0.15) is 0 Å². The van der Waals surface area contributed by atoms with Gasteiger partial charge in [-0.15, -0.1) is 0 Å². The summed E-state index contributed by atoms with van der Waals surface area (Å²) >= 11 is 0. The van der Waals surface area contributed by atoms with Crippen molar-refractivity contribution in [2.75, 3.05) is 6.61 Å². The Morgan fingerprint density at radius 3 is 2.71 bits per heavy atom. The summed E-state index contributed by atoms with van der Waals surface area (Å²) < 4.78 is 5.18. The topological polar surface area (TPSA) is 109 Å². The van der Waals surface area contributed by atoms with Crippen LogP contribution < -0.4 is 5.63 Å². The number of hydrogen-bond acceptors (Lipinski definition) is 6. The van der Waals surface area contributed by atoms with E-state index in [4.69, 9.17) is 14.4 Å². The average Bonchev–Trinajstić information content (AvgIpc) is 3.08. The highest BCUT2D eigenvalue weighted by molar-refractivity contribution is 5.96. The standard InChI is InChI=1S/C27H35NO6/c1-25-11-7-19(28-34-14-10-23(29)30)15-18(25)4-5-22-21(25)8-12-26(2)20(9-13-27(22,26)32)17-3-6-24(31)33-16-17/h3,6,15-16,20-22,32H,4-5,7-14H2,1-2H3,(H,29,30)/b28-19+/t20-,21?,22?,25+,26-,27?/m1/s1. The second-order valence-electron chi connectivity index (χ2n) is 11.3. The van der Waals surface area contributed by atoms with Gasteiger partial charge in [0.1, 0.15) is 6.61 Å². The smallest absolute Gasteiger partial charge is 0.335 e. The molecule has 6 atom stereocenters. The Kier molecular flexibility index (Phi) is 5.74. The number of hydrogen-bond donors (Lipinski definition) is 2. The Morgan fingerprint density at radius 2 is 1.97 bits per heavy atom. The molecule has 0 spiro atoms. The number of carbonyl (C=O) groups is 1. The highest BCUT2D eigenvalue weighted by Gasteiger charge is 2.66. The van der Waals surface area contributed by atoms with E-state index in [1.807, 2.05) is 6.07 Å². The zero-order valence-electron chi connectivity index (χ0n) is 20.1. The summed E-state index contributed by atoms with van der Waals surface area (Å²) in [5.41, 5.74) is 2.06. The van der Waals surface area contributed by atoms with Gasteiger partial charge in [0.15, 0.2) is 0 Å². The molecule has 3 unspecified atom stereocenters. The molecule has 0 amide bonds. The first kappa shape index (κ1) is 23.3. The van der Waals surface area contributed by atoms with Crippen molar-refractivity contribution in [3.8, 4) is 0 Å². The largest absolute Gasteiger partial charge is 0.481 e. The average molecular weight is 470 g/mol. The van der Waals surface area contributed by atoms with E-state index in [9.17, 15) is 14.7 Å². The summed E-state index contributed by atoms with van der Waals surface area (Å²) in [5, 5.41) is 25.3. The van der Waals surface area contributed by atoms with Crippen LogP contribution in [0.3, 0.4) is 0 Å². The first-order chi connectivity index (χ1) is 16.2. The fourth-order valence-corrected chi connectivity index (χ4v) is 7.98. The van der Waals surface area contributed by atoms with E-state index in [2.05, 4.69) is 25.1 Å². The van der Waals surface area contributed by atoms with Gasteiger partial charge in [-0.3, -0.25) is 4.79 Å². The molecule has 0 aromatic carbocycles. The first-order valence-electron chi connectivity index (χ1n) is 12.6. The molecule has 4 aliphatic rings. The predicted octanol–water partition coefficient (Wildman–Crippen LogP) is 4.65. The third kappa shape index (κ3) is 3.55. The molecule has 1 heterocycles. The maximum atomic E-state index is 12.3. The van der Waals surface area contributed by atoms with E-state index in [1.165, 1.54) is 11.6 Å². The maximum absolute atomic E-state index is 12.3. The van der Waals surface area contributed by atoms with E-state index in [0.29, 0.717) is 5.92 Å². The molecule has 4 aliphatic carbocycles. The Morgan fingerprint density at radius 1 is 1.15 bits per heavy atom. The third-order valence-electron chi connectivity index (χ3n) is 9.88. The molecular formula is C27H35NO6. The van der Waals surface area contributed by atoms with Crippen LogP contribution in [0, 0.1) is 22.7 Å². The van der Waals surface area contributed by atoms with Crippen molar-refractivity contribution >= 4 is 11.7 Å². The zero-order chi connectivity index (χ0) is 24.1. The molecule has 2 N–H and O–H groups in total. The quantitative estimate of drug-likeness (QED) is 0.480. The normalized spacial score (nSPS) is 40.1. The first-order valence-corrected chi connectivity index (χ1v) is 12.6. The molecule has 0 saturated heterocycles. The lowest BCUT2D eigenvalue weighted by Crippen LogP contribution is -2.60. The number of nitrogens with zero attached hydrogens (tertiary/aromatic N) is 1. The highest BCUT2D eigenvalue weighted by atomic mass is 16.6. The van der Waals surface area contributed by atoms with Gasteiger partial charge in [-0.1, -0.05) is 24.6 Å². The van der Waals surface area contributed by atoms with Crippen LogP contribution in [0.1, 0.15) is 83.1 Å². The Labute approximate surface area is 199 Å². The number of aliphatic hydroxyl groups is 1. The van der Waals surface area contributed by atoms with Crippen LogP contribution in [0.2, 0.25) is 0 Å². The second-order valence-corrected chi connectivity index (χ2v) is 11.3. The lowest BCUT2D eigenvalue weighted by Gasteiger charge is -2.61. The molecule has 0 aliphatic heterocycles. The van der Waals surface area contributed by atoms with Crippen LogP contribution in [-0.2, 0) is 9.63 Å². The molecule has 34 heavy (non-hydrogen) atoms. The van der Waals surface area contributed by atoms with Crippen LogP contribution in [0.5, 0.6) is 0 Å². The van der Waals surface area contributed by atoms with Crippen molar-refractivity contribution in [1.82, 2.24) is 0 Å². The van der Waals surface area contributed by atoms with Crippen molar-refractivity contribution in [3.63, 3.8) is 0 Å². The van der Waals surface area contributed by atoms with Crippen LogP contribution in [0.25, 0.3) is 0 Å². The molecule has 3 fully saturated rings. The third-order valence-corrected chi connectivity index (χ3v) is 9.88. The van der Waals surface area contributed by atoms with Gasteiger partial charge in [-0.25, -0.2) is 4.79 Å². The van der Waals surface area contributed by atoms with Crippen molar-refractivity contribution in [2.45, 2.75) is 83.2 Å². The van der Waals surface area contributed by atoms with Gasteiger partial charge in [0.2, 0.25) is 0 Å². The minimum Gasteiger partial charge on any atom is -0.481 e. The fraction of sp³-hybridized carbons (Fsp3) is 0.667. The highest BCUT2D eigenvalue weighted by Crippen LogP contribution is 2.69. The summed E-state index contributed by atoms with van der Waals surface area (Å²) in [6.07, 6.45) is 11.1. The number of aliphatic carboxylic acids is 1. The molecule has 184 valence electrons. The molecule has 1 aromatic rings. The monoisotopic (exact) mass is 469 g/mol. The number of carboxylic acids is 1. The minimum absolute atomic E-state index is 0.0394. The van der Waals surface area contributed by atoms with Gasteiger partial charge in [0, 0.05) is 11.5 Å². The summed E-state index contributed by atoms with van der Waals surface area (Å²) in [6.45, 7) is 4.70. The van der Waals surface area contributed by atoms with E-state index in [1.54, 1.807) is 6.26 Å². The van der Waals surface area contributed by atoms with Crippen molar-refractivity contribution in [2.24, 2.45) is 27.8 Å². The van der Waals surface area contributed by atoms with Crippen molar-refractivity contribution in [1.29, 1.82) is 0 Å². The second kappa shape index (κ2) is 8.36. The molecule has 0 radical (unpaired) electrons. The van der Waals surface area contributed by atoms with Gasteiger partial charge in [0.05, 0.1) is 24.0 Å². The number of fused-ring (bicyclic) bond motifs is 5. The van der Waals surface area contributed by atoms with E-state index < -0.39 is 11.6 Å². The summed E-state index contributed by atoms with van der Waals surface area (Å²) in [7, 11) is 0. The van der Waals surface area contributed by atoms with E-state index >= 15 is 0 Å². The van der Waals surface area contributed by atoms with Gasteiger partial charge >= 0.3 is 11.6 Å². The molecular weight excluding hydrogens is 434 g/mol. The summed E-state index contributed by atoms with van der Waals surface area (Å²) in [4.78, 5) is 27.4. The van der Waals surface area contributed by atoms with Crippen LogP contribution in [-0.4, -0.2) is 34.1 Å². The maximum Gasteiger partial charge on any atom is 0.335 e. The van der Waals surface area contributed by atoms with Crippen LogP contribution >= 0.6 is 0 Å². The van der Waals surface area contributed by atoms with Crippen molar-refractivity contribution in [3.05, 3.63) is 46.0 Å². The fourth-order valence-electron chi connectivity index (χ4n) is 7.98. The van der Waals surface area contributed by atoms with Gasteiger partial charge in [0.25, 0.3) is 0 Å². The number of allylic oxidation sites excluding steroid dienone is 2. The Balaban J connectivity index is 1.37. The molecule has 7 nitrogen and oxygen atoms in total. The molecule has 5 rings (SSSR count). The number of carboxylic acid groups (broad SMARTS) is 1. The van der Waals surface area contributed by atoms with Crippen LogP contribution in [0.4, 0.5) is 0 Å². The van der Waals surface area contributed by atoms with E-state index in [-0.39, 0.29) is 41.3 Å². The number of rotatable bonds is 5. The lowest BCUT2D eigenvalue weighted by molar-refractivity contribution is -0.176. The van der Waals surface area contributed by atoms with Gasteiger partial charge in [-0.05, 0) is 92.2 Å². The molecule has 0 bridgehead atoms. The summed E-state index contributed by atoms with van der Waals surface area (Å²) in [6, 6.07) is 3.37. The number of oxime groups is 1. The Bertz CT molecular complexity index is 1070. The Hall–Kier alpha value is -2.41. The van der Waals surface area contributed by atoms with E-state index in [0.717, 1.165) is 62.6 Å². The predicted molar refractivity (Wildman–Crippen MR) is 127 cm³/mol. The molecule has 1 aromatic heterocycles. The zero-order valence-corrected chi connectivity index (χ0v) is 20.1.